The van der Waals surface area contributed by atoms with Gasteiger partial charge < -0.3 is 14.8 Å². The van der Waals surface area contributed by atoms with Crippen molar-refractivity contribution in [2.24, 2.45) is 0 Å². The predicted molar refractivity (Wildman–Crippen MR) is 72.1 cm³/mol. The van der Waals surface area contributed by atoms with Crippen molar-refractivity contribution >= 4 is 17.6 Å². The molecule has 1 aromatic carbocycles. The lowest BCUT2D eigenvalue weighted by Gasteiger charge is -2.10. The van der Waals surface area contributed by atoms with Crippen LogP contribution in [-0.2, 0) is 14.3 Å². The monoisotopic (exact) mass is 263 g/mol. The summed E-state index contributed by atoms with van der Waals surface area (Å²) in [6.07, 6.45) is 1.10. The second-order valence-electron chi connectivity index (χ2n) is 3.88. The third-order valence-corrected chi connectivity index (χ3v) is 2.25. The van der Waals surface area contributed by atoms with Crippen LogP contribution in [0.15, 0.2) is 30.9 Å². The maximum absolute atomic E-state index is 10.9. The summed E-state index contributed by atoms with van der Waals surface area (Å²) < 4.78 is 10.3. The van der Waals surface area contributed by atoms with Gasteiger partial charge in [-0.05, 0) is 30.7 Å². The smallest absolute Gasteiger partial charge is 0.330 e. The van der Waals surface area contributed by atoms with Crippen LogP contribution in [0.4, 0.5) is 5.69 Å². The number of benzene rings is 1. The van der Waals surface area contributed by atoms with E-state index in [1.165, 1.54) is 6.92 Å². The number of esters is 1. The Labute approximate surface area is 112 Å². The van der Waals surface area contributed by atoms with Crippen LogP contribution >= 0.6 is 0 Å². The normalized spacial score (nSPS) is 9.58. The fourth-order valence-electron chi connectivity index (χ4n) is 1.45. The van der Waals surface area contributed by atoms with Gasteiger partial charge in [0.25, 0.3) is 0 Å². The van der Waals surface area contributed by atoms with Crippen molar-refractivity contribution < 1.29 is 19.1 Å². The molecule has 1 amide bonds. The first kappa shape index (κ1) is 14.8. The topological polar surface area (TPSA) is 64.6 Å². The molecule has 0 aliphatic carbocycles. The molecular formula is C14H17NO4. The van der Waals surface area contributed by atoms with E-state index in [0.29, 0.717) is 5.75 Å². The van der Waals surface area contributed by atoms with Crippen molar-refractivity contribution in [3.05, 3.63) is 36.4 Å². The van der Waals surface area contributed by atoms with Gasteiger partial charge in [0.1, 0.15) is 19.0 Å². The summed E-state index contributed by atoms with van der Waals surface area (Å²) in [5, 5.41) is 2.69. The number of carbonyl (C=O) groups excluding carboxylic acids is 2. The maximum Gasteiger partial charge on any atom is 0.330 e. The molecule has 5 nitrogen and oxygen atoms in total. The molecule has 0 unspecified atom stereocenters. The van der Waals surface area contributed by atoms with E-state index in [9.17, 15) is 9.59 Å². The Kier molecular flexibility index (Phi) is 5.60. The largest absolute Gasteiger partial charge is 0.490 e. The Morgan fingerprint density at radius 1 is 1.37 bits per heavy atom. The number of amides is 1. The lowest BCUT2D eigenvalue weighted by molar-refractivity contribution is -0.138. The first-order valence-electron chi connectivity index (χ1n) is 5.83. The van der Waals surface area contributed by atoms with Crippen LogP contribution in [0, 0.1) is 6.92 Å². The summed E-state index contributed by atoms with van der Waals surface area (Å²) in [4.78, 5) is 21.7. The first-order chi connectivity index (χ1) is 9.02. The summed E-state index contributed by atoms with van der Waals surface area (Å²) in [6, 6.07) is 5.32. The maximum atomic E-state index is 10.9. The van der Waals surface area contributed by atoms with Crippen LogP contribution in [0.3, 0.4) is 0 Å². The van der Waals surface area contributed by atoms with Gasteiger partial charge in [-0.1, -0.05) is 6.58 Å². The molecule has 0 atom stereocenters. The van der Waals surface area contributed by atoms with Gasteiger partial charge in [-0.2, -0.15) is 0 Å². The number of ether oxygens (including phenoxy) is 2. The standard InChI is InChI=1S/C14H17NO4/c1-4-14(17)19-8-7-18-13-6-5-12(9-10(13)2)15-11(3)16/h4-6,9H,1,7-8H2,2-3H3,(H,15,16). The average Bonchev–Trinajstić information content (AvgIpc) is 2.35. The second kappa shape index (κ2) is 7.20. The number of aryl methyl sites for hydroxylation is 1. The number of carbonyl (C=O) groups is 2. The minimum absolute atomic E-state index is 0.121. The minimum Gasteiger partial charge on any atom is -0.490 e. The van der Waals surface area contributed by atoms with E-state index in [2.05, 4.69) is 11.9 Å². The Morgan fingerprint density at radius 3 is 2.68 bits per heavy atom. The second-order valence-corrected chi connectivity index (χ2v) is 3.88. The van der Waals surface area contributed by atoms with Crippen molar-refractivity contribution in [1.29, 1.82) is 0 Å². The molecular weight excluding hydrogens is 246 g/mol. The van der Waals surface area contributed by atoms with Gasteiger partial charge in [0, 0.05) is 18.7 Å². The number of rotatable bonds is 6. The van der Waals surface area contributed by atoms with Crippen molar-refractivity contribution in [3.8, 4) is 5.75 Å². The molecule has 1 N–H and O–H groups in total. The molecule has 5 heteroatoms. The molecule has 19 heavy (non-hydrogen) atoms. The van der Waals surface area contributed by atoms with Crippen molar-refractivity contribution in [2.45, 2.75) is 13.8 Å². The van der Waals surface area contributed by atoms with Crippen molar-refractivity contribution in [3.63, 3.8) is 0 Å². The quantitative estimate of drug-likeness (QED) is 0.484. The number of hydrogen-bond donors (Lipinski definition) is 1. The molecule has 0 saturated heterocycles. The van der Waals surface area contributed by atoms with E-state index in [-0.39, 0.29) is 19.1 Å². The van der Waals surface area contributed by atoms with Crippen LogP contribution in [0.1, 0.15) is 12.5 Å². The molecule has 0 saturated carbocycles. The van der Waals surface area contributed by atoms with Crippen LogP contribution in [0.5, 0.6) is 5.75 Å². The van der Waals surface area contributed by atoms with E-state index in [1.807, 2.05) is 13.0 Å². The molecule has 0 aliphatic rings. The van der Waals surface area contributed by atoms with E-state index >= 15 is 0 Å². The first-order valence-corrected chi connectivity index (χ1v) is 5.83. The SMILES string of the molecule is C=CC(=O)OCCOc1ccc(NC(C)=O)cc1C. The van der Waals surface area contributed by atoms with Crippen LogP contribution in [0.2, 0.25) is 0 Å². The summed E-state index contributed by atoms with van der Waals surface area (Å²) in [5.74, 6) is 0.0921. The molecule has 0 spiro atoms. The Balaban J connectivity index is 2.48. The van der Waals surface area contributed by atoms with Crippen molar-refractivity contribution in [2.75, 3.05) is 18.5 Å². The van der Waals surface area contributed by atoms with Gasteiger partial charge in [0.05, 0.1) is 0 Å². The fraction of sp³-hybridized carbons (Fsp3) is 0.286. The van der Waals surface area contributed by atoms with Gasteiger partial charge in [0.15, 0.2) is 0 Å². The van der Waals surface area contributed by atoms with Gasteiger partial charge in [-0.3, -0.25) is 4.79 Å². The van der Waals surface area contributed by atoms with Crippen LogP contribution in [-0.4, -0.2) is 25.1 Å². The molecule has 0 radical (unpaired) electrons. The number of hydrogen-bond acceptors (Lipinski definition) is 4. The summed E-state index contributed by atoms with van der Waals surface area (Å²) in [7, 11) is 0. The highest BCUT2D eigenvalue weighted by Gasteiger charge is 2.03. The van der Waals surface area contributed by atoms with E-state index in [4.69, 9.17) is 9.47 Å². The highest BCUT2D eigenvalue weighted by Crippen LogP contribution is 2.21. The molecule has 1 aromatic rings. The molecule has 0 aliphatic heterocycles. The molecule has 0 aromatic heterocycles. The highest BCUT2D eigenvalue weighted by molar-refractivity contribution is 5.88. The highest BCUT2D eigenvalue weighted by atomic mass is 16.6. The Hall–Kier alpha value is -2.30. The van der Waals surface area contributed by atoms with E-state index in [1.54, 1.807) is 12.1 Å². The number of nitrogens with one attached hydrogen (secondary N) is 1. The molecule has 1 rings (SSSR count). The minimum atomic E-state index is -0.471. The summed E-state index contributed by atoms with van der Waals surface area (Å²) >= 11 is 0. The average molecular weight is 263 g/mol. The third kappa shape index (κ3) is 5.25. The van der Waals surface area contributed by atoms with Crippen LogP contribution < -0.4 is 10.1 Å². The van der Waals surface area contributed by atoms with Gasteiger partial charge in [-0.25, -0.2) is 4.79 Å². The Morgan fingerprint density at radius 2 is 2.11 bits per heavy atom. The fourth-order valence-corrected chi connectivity index (χ4v) is 1.45. The predicted octanol–water partition coefficient (Wildman–Crippen LogP) is 2.06. The van der Waals surface area contributed by atoms with Crippen LogP contribution in [0.25, 0.3) is 0 Å². The van der Waals surface area contributed by atoms with Gasteiger partial charge in [0.2, 0.25) is 5.91 Å². The lowest BCUT2D eigenvalue weighted by Crippen LogP contribution is -2.11. The Bertz CT molecular complexity index is 482. The van der Waals surface area contributed by atoms with E-state index < -0.39 is 5.97 Å². The zero-order chi connectivity index (χ0) is 14.3. The number of anilines is 1. The van der Waals surface area contributed by atoms with E-state index in [0.717, 1.165) is 17.3 Å². The molecule has 0 heterocycles. The molecule has 102 valence electrons. The van der Waals surface area contributed by atoms with Crippen molar-refractivity contribution in [1.82, 2.24) is 0 Å². The zero-order valence-corrected chi connectivity index (χ0v) is 11.1. The van der Waals surface area contributed by atoms with Gasteiger partial charge in [-0.15, -0.1) is 0 Å². The third-order valence-electron chi connectivity index (χ3n) is 2.25. The zero-order valence-electron chi connectivity index (χ0n) is 11.1. The summed E-state index contributed by atoms with van der Waals surface area (Å²) in [5.41, 5.74) is 1.61. The summed E-state index contributed by atoms with van der Waals surface area (Å²) in [6.45, 7) is 7.05. The molecule has 0 bridgehead atoms. The van der Waals surface area contributed by atoms with Gasteiger partial charge >= 0.3 is 5.97 Å². The lowest BCUT2D eigenvalue weighted by atomic mass is 10.2. The molecule has 0 fully saturated rings.